The minimum Gasteiger partial charge on any atom is -0.441 e. The van der Waals surface area contributed by atoms with Crippen LogP contribution in [0.3, 0.4) is 0 Å². The van der Waals surface area contributed by atoms with E-state index in [4.69, 9.17) is 4.42 Å². The van der Waals surface area contributed by atoms with E-state index >= 15 is 0 Å². The molecular weight excluding hydrogens is 228 g/mol. The molecule has 1 N–H and O–H groups in total. The van der Waals surface area contributed by atoms with Gasteiger partial charge in [0.25, 0.3) is 0 Å². The average Bonchev–Trinajstić information content (AvgIpc) is 2.52. The monoisotopic (exact) mass is 240 g/mol. The number of oxazole rings is 1. The number of aromatic nitrogens is 1. The first-order valence-corrected chi connectivity index (χ1v) is 6.64. The number of hydrogen-bond acceptors (Lipinski definition) is 4. The summed E-state index contributed by atoms with van der Waals surface area (Å²) in [5, 5.41) is 0. The second-order valence-corrected chi connectivity index (χ2v) is 5.46. The van der Waals surface area contributed by atoms with Crippen molar-refractivity contribution in [1.29, 1.82) is 0 Å². The molecule has 0 amide bonds. The minimum absolute atomic E-state index is 0.265. The Morgan fingerprint density at radius 3 is 2.88 bits per heavy atom. The second-order valence-electron chi connectivity index (χ2n) is 3.63. The molecule has 0 aliphatic heterocycles. The lowest BCUT2D eigenvalue weighted by molar-refractivity contribution is 0.561. The van der Waals surface area contributed by atoms with Crippen molar-refractivity contribution in [1.82, 2.24) is 9.71 Å². The highest BCUT2D eigenvalue weighted by molar-refractivity contribution is 7.88. The van der Waals surface area contributed by atoms with Gasteiger partial charge in [0, 0.05) is 13.5 Å². The molecule has 5 nitrogen and oxygen atoms in total. The number of aryl methyl sites for hydroxylation is 1. The van der Waals surface area contributed by atoms with Gasteiger partial charge in [-0.1, -0.05) is 6.07 Å². The topological polar surface area (TPSA) is 72.2 Å². The molecule has 1 heterocycles. The van der Waals surface area contributed by atoms with Gasteiger partial charge in [-0.15, -0.1) is 0 Å². The second kappa shape index (κ2) is 3.88. The summed E-state index contributed by atoms with van der Waals surface area (Å²) in [6.07, 6.45) is 1.13. The third-order valence-electron chi connectivity index (χ3n) is 2.10. The number of fused-ring (bicyclic) bond motifs is 1. The van der Waals surface area contributed by atoms with Gasteiger partial charge in [0.05, 0.1) is 6.26 Å². The zero-order valence-corrected chi connectivity index (χ0v) is 9.84. The van der Waals surface area contributed by atoms with E-state index in [1.807, 2.05) is 12.1 Å². The molecule has 86 valence electrons. The lowest BCUT2D eigenvalue weighted by Crippen LogP contribution is -2.21. The highest BCUT2D eigenvalue weighted by Gasteiger charge is 2.05. The lowest BCUT2D eigenvalue weighted by Gasteiger charge is -2.01. The average molecular weight is 240 g/mol. The number of nitrogens with one attached hydrogen (secondary N) is 1. The van der Waals surface area contributed by atoms with Crippen molar-refractivity contribution >= 4 is 21.1 Å². The van der Waals surface area contributed by atoms with Gasteiger partial charge in [0.15, 0.2) is 11.5 Å². The van der Waals surface area contributed by atoms with Crippen LogP contribution in [0.15, 0.2) is 22.6 Å². The van der Waals surface area contributed by atoms with Crippen molar-refractivity contribution in [2.24, 2.45) is 0 Å². The first-order valence-electron chi connectivity index (χ1n) is 4.75. The molecule has 0 unspecified atom stereocenters. The predicted molar refractivity (Wildman–Crippen MR) is 60.4 cm³/mol. The van der Waals surface area contributed by atoms with Crippen LogP contribution in [-0.2, 0) is 16.6 Å². The molecule has 0 aliphatic rings. The zero-order chi connectivity index (χ0) is 11.8. The van der Waals surface area contributed by atoms with Crippen LogP contribution in [0.5, 0.6) is 0 Å². The SMILES string of the molecule is Cc1nc2cc(CNS(C)(=O)=O)ccc2o1. The zero-order valence-electron chi connectivity index (χ0n) is 9.02. The van der Waals surface area contributed by atoms with E-state index in [1.54, 1.807) is 13.0 Å². The fourth-order valence-electron chi connectivity index (χ4n) is 1.41. The summed E-state index contributed by atoms with van der Waals surface area (Å²) in [5.41, 5.74) is 2.30. The Kier molecular flexibility index (Phi) is 2.69. The molecule has 1 aromatic carbocycles. The minimum atomic E-state index is -3.16. The summed E-state index contributed by atoms with van der Waals surface area (Å²) in [6.45, 7) is 2.04. The molecule has 0 saturated carbocycles. The molecule has 0 saturated heterocycles. The standard InChI is InChI=1S/C10H12N2O3S/c1-7-12-9-5-8(3-4-10(9)15-7)6-11-16(2,13)14/h3-5,11H,6H2,1-2H3. The first-order chi connectivity index (χ1) is 7.44. The third kappa shape index (κ3) is 2.59. The predicted octanol–water partition coefficient (Wildman–Crippen LogP) is 1.19. The molecule has 0 spiro atoms. The van der Waals surface area contributed by atoms with Gasteiger partial charge in [-0.3, -0.25) is 0 Å². The Bertz CT molecular complexity index is 616. The van der Waals surface area contributed by atoms with Crippen LogP contribution in [0, 0.1) is 6.92 Å². The van der Waals surface area contributed by atoms with Gasteiger partial charge >= 0.3 is 0 Å². The molecule has 2 rings (SSSR count). The quantitative estimate of drug-likeness (QED) is 0.874. The van der Waals surface area contributed by atoms with Crippen LogP contribution in [-0.4, -0.2) is 19.7 Å². The van der Waals surface area contributed by atoms with E-state index in [2.05, 4.69) is 9.71 Å². The molecule has 16 heavy (non-hydrogen) atoms. The van der Waals surface area contributed by atoms with E-state index in [-0.39, 0.29) is 6.54 Å². The maximum atomic E-state index is 10.9. The summed E-state index contributed by atoms with van der Waals surface area (Å²) in [6, 6.07) is 5.41. The Hall–Kier alpha value is -1.40. The number of rotatable bonds is 3. The number of benzene rings is 1. The van der Waals surface area contributed by atoms with Crippen LogP contribution in [0.4, 0.5) is 0 Å². The molecule has 0 fully saturated rings. The Labute approximate surface area is 93.5 Å². The fraction of sp³-hybridized carbons (Fsp3) is 0.300. The van der Waals surface area contributed by atoms with Gasteiger partial charge in [-0.05, 0) is 17.7 Å². The van der Waals surface area contributed by atoms with Crippen LogP contribution in [0.25, 0.3) is 11.1 Å². The maximum Gasteiger partial charge on any atom is 0.209 e. The van der Waals surface area contributed by atoms with E-state index in [9.17, 15) is 8.42 Å². The Morgan fingerprint density at radius 1 is 1.44 bits per heavy atom. The summed E-state index contributed by atoms with van der Waals surface area (Å²) in [7, 11) is -3.16. The van der Waals surface area contributed by atoms with Crippen molar-refractivity contribution in [3.05, 3.63) is 29.7 Å². The molecule has 0 radical (unpaired) electrons. The number of sulfonamides is 1. The molecule has 2 aromatic rings. The highest BCUT2D eigenvalue weighted by atomic mass is 32.2. The van der Waals surface area contributed by atoms with E-state index in [0.29, 0.717) is 11.5 Å². The molecular formula is C10H12N2O3S. The van der Waals surface area contributed by atoms with Crippen molar-refractivity contribution in [2.75, 3.05) is 6.26 Å². The van der Waals surface area contributed by atoms with E-state index in [1.165, 1.54) is 0 Å². The van der Waals surface area contributed by atoms with Gasteiger partial charge in [-0.25, -0.2) is 18.1 Å². The lowest BCUT2D eigenvalue weighted by atomic mass is 10.2. The van der Waals surface area contributed by atoms with Crippen molar-refractivity contribution in [2.45, 2.75) is 13.5 Å². The molecule has 0 atom stereocenters. The van der Waals surface area contributed by atoms with Crippen molar-refractivity contribution in [3.63, 3.8) is 0 Å². The summed E-state index contributed by atoms with van der Waals surface area (Å²) in [4.78, 5) is 4.17. The van der Waals surface area contributed by atoms with Gasteiger partial charge < -0.3 is 4.42 Å². The molecule has 0 aliphatic carbocycles. The Morgan fingerprint density at radius 2 is 2.19 bits per heavy atom. The van der Waals surface area contributed by atoms with Crippen LogP contribution < -0.4 is 4.72 Å². The van der Waals surface area contributed by atoms with Gasteiger partial charge in [0.1, 0.15) is 5.52 Å². The fourth-order valence-corrected chi connectivity index (χ4v) is 1.84. The van der Waals surface area contributed by atoms with Crippen LogP contribution in [0.1, 0.15) is 11.5 Å². The van der Waals surface area contributed by atoms with E-state index < -0.39 is 10.0 Å². The number of nitrogens with zero attached hydrogens (tertiary/aromatic N) is 1. The van der Waals surface area contributed by atoms with Crippen LogP contribution >= 0.6 is 0 Å². The van der Waals surface area contributed by atoms with Gasteiger partial charge in [0.2, 0.25) is 10.0 Å². The van der Waals surface area contributed by atoms with Gasteiger partial charge in [-0.2, -0.15) is 0 Å². The Balaban J connectivity index is 2.25. The molecule has 6 heteroatoms. The van der Waals surface area contributed by atoms with E-state index in [0.717, 1.165) is 17.3 Å². The molecule has 0 bridgehead atoms. The largest absolute Gasteiger partial charge is 0.441 e. The summed E-state index contributed by atoms with van der Waals surface area (Å²) in [5.74, 6) is 0.600. The summed E-state index contributed by atoms with van der Waals surface area (Å²) >= 11 is 0. The normalized spacial score (nSPS) is 12.1. The van der Waals surface area contributed by atoms with Crippen molar-refractivity contribution < 1.29 is 12.8 Å². The summed E-state index contributed by atoms with van der Waals surface area (Å²) < 4.78 is 29.6. The third-order valence-corrected chi connectivity index (χ3v) is 2.77. The maximum absolute atomic E-state index is 10.9. The van der Waals surface area contributed by atoms with Crippen molar-refractivity contribution in [3.8, 4) is 0 Å². The first kappa shape index (κ1) is 11.1. The number of hydrogen-bond donors (Lipinski definition) is 1. The highest BCUT2D eigenvalue weighted by Crippen LogP contribution is 2.16. The molecule has 1 aromatic heterocycles. The van der Waals surface area contributed by atoms with Crippen LogP contribution in [0.2, 0.25) is 0 Å². The smallest absolute Gasteiger partial charge is 0.209 e.